The summed E-state index contributed by atoms with van der Waals surface area (Å²) < 4.78 is 0. The Morgan fingerprint density at radius 3 is 2.54 bits per heavy atom. The molecule has 0 radical (unpaired) electrons. The number of anilines is 1. The van der Waals surface area contributed by atoms with Crippen LogP contribution in [0.1, 0.15) is 18.1 Å². The summed E-state index contributed by atoms with van der Waals surface area (Å²) in [5, 5.41) is 9.08. The van der Waals surface area contributed by atoms with Crippen LogP contribution in [0, 0.1) is 6.92 Å². The minimum Gasteiger partial charge on any atom is -0.399 e. The Hall–Kier alpha value is -1.06. The molecule has 13 heavy (non-hydrogen) atoms. The predicted molar refractivity (Wildman–Crippen MR) is 54.2 cm³/mol. The number of rotatable bonds is 2. The zero-order valence-electron chi connectivity index (χ0n) is 8.04. The van der Waals surface area contributed by atoms with Gasteiger partial charge in [0.2, 0.25) is 0 Å². The summed E-state index contributed by atoms with van der Waals surface area (Å²) in [5.74, 6) is 0. The Morgan fingerprint density at radius 2 is 2.08 bits per heavy atom. The molecule has 3 nitrogen and oxygen atoms in total. The lowest BCUT2D eigenvalue weighted by Gasteiger charge is -2.24. The van der Waals surface area contributed by atoms with E-state index in [1.165, 1.54) is 0 Å². The van der Waals surface area contributed by atoms with E-state index in [1.807, 2.05) is 19.1 Å². The van der Waals surface area contributed by atoms with E-state index in [2.05, 4.69) is 0 Å². The summed E-state index contributed by atoms with van der Waals surface area (Å²) in [5.41, 5.74) is 13.5. The number of hydrogen-bond acceptors (Lipinski definition) is 3. The molecule has 0 bridgehead atoms. The van der Waals surface area contributed by atoms with Gasteiger partial charge in [-0.25, -0.2) is 0 Å². The number of benzene rings is 1. The maximum absolute atomic E-state index is 9.08. The highest BCUT2D eigenvalue weighted by Crippen LogP contribution is 2.22. The van der Waals surface area contributed by atoms with Crippen LogP contribution < -0.4 is 11.5 Å². The molecular weight excluding hydrogens is 164 g/mol. The van der Waals surface area contributed by atoms with Gasteiger partial charge >= 0.3 is 0 Å². The third kappa shape index (κ3) is 1.99. The molecule has 0 saturated heterocycles. The molecule has 0 aromatic heterocycles. The molecule has 72 valence electrons. The number of aryl methyl sites for hydroxylation is 1. The average molecular weight is 180 g/mol. The van der Waals surface area contributed by atoms with Crippen molar-refractivity contribution in [3.63, 3.8) is 0 Å². The van der Waals surface area contributed by atoms with E-state index in [0.717, 1.165) is 16.8 Å². The van der Waals surface area contributed by atoms with Crippen molar-refractivity contribution >= 4 is 5.69 Å². The molecule has 0 fully saturated rings. The molecule has 0 heterocycles. The van der Waals surface area contributed by atoms with Gasteiger partial charge in [-0.2, -0.15) is 0 Å². The summed E-state index contributed by atoms with van der Waals surface area (Å²) >= 11 is 0. The normalized spacial score (nSPS) is 15.4. The first-order valence-corrected chi connectivity index (χ1v) is 4.24. The molecule has 0 unspecified atom stereocenters. The second-order valence-electron chi connectivity index (χ2n) is 3.65. The molecule has 0 amide bonds. The molecule has 0 saturated carbocycles. The molecular formula is C10H16N2O. The van der Waals surface area contributed by atoms with Crippen molar-refractivity contribution in [1.82, 2.24) is 0 Å². The van der Waals surface area contributed by atoms with Crippen molar-refractivity contribution in [2.24, 2.45) is 5.73 Å². The quantitative estimate of drug-likeness (QED) is 0.588. The van der Waals surface area contributed by atoms with Crippen molar-refractivity contribution in [2.45, 2.75) is 19.4 Å². The van der Waals surface area contributed by atoms with Gasteiger partial charge in [0, 0.05) is 5.69 Å². The van der Waals surface area contributed by atoms with Gasteiger partial charge in [0.1, 0.15) is 0 Å². The van der Waals surface area contributed by atoms with Crippen LogP contribution in [0.2, 0.25) is 0 Å². The van der Waals surface area contributed by atoms with E-state index >= 15 is 0 Å². The minimum atomic E-state index is -0.683. The summed E-state index contributed by atoms with van der Waals surface area (Å²) in [6, 6.07) is 5.51. The van der Waals surface area contributed by atoms with Crippen molar-refractivity contribution in [1.29, 1.82) is 0 Å². The smallest absolute Gasteiger partial charge is 0.0650 e. The minimum absolute atomic E-state index is 0.0717. The van der Waals surface area contributed by atoms with E-state index in [0.29, 0.717) is 0 Å². The van der Waals surface area contributed by atoms with Crippen LogP contribution in [0.4, 0.5) is 5.69 Å². The first-order valence-electron chi connectivity index (χ1n) is 4.24. The van der Waals surface area contributed by atoms with Crippen LogP contribution >= 0.6 is 0 Å². The fourth-order valence-electron chi connectivity index (χ4n) is 1.41. The van der Waals surface area contributed by atoms with Crippen molar-refractivity contribution in [2.75, 3.05) is 12.3 Å². The van der Waals surface area contributed by atoms with E-state index in [-0.39, 0.29) is 6.61 Å². The fraction of sp³-hybridized carbons (Fsp3) is 0.400. The van der Waals surface area contributed by atoms with Crippen LogP contribution in [0.25, 0.3) is 0 Å². The topological polar surface area (TPSA) is 72.3 Å². The predicted octanol–water partition coefficient (Wildman–Crippen LogP) is 0.743. The molecule has 3 heteroatoms. The molecule has 1 aromatic rings. The largest absolute Gasteiger partial charge is 0.399 e. The van der Waals surface area contributed by atoms with Crippen molar-refractivity contribution in [3.8, 4) is 0 Å². The van der Waals surface area contributed by atoms with Gasteiger partial charge in [-0.05, 0) is 37.1 Å². The monoisotopic (exact) mass is 180 g/mol. The summed E-state index contributed by atoms with van der Waals surface area (Å²) in [4.78, 5) is 0. The van der Waals surface area contributed by atoms with Crippen LogP contribution in [0.3, 0.4) is 0 Å². The van der Waals surface area contributed by atoms with Crippen molar-refractivity contribution < 1.29 is 5.11 Å². The van der Waals surface area contributed by atoms with Gasteiger partial charge in [-0.1, -0.05) is 6.07 Å². The molecule has 1 aromatic carbocycles. The van der Waals surface area contributed by atoms with Gasteiger partial charge in [0.25, 0.3) is 0 Å². The number of aliphatic hydroxyl groups is 1. The highest BCUT2D eigenvalue weighted by atomic mass is 16.3. The molecule has 0 spiro atoms. The molecule has 1 atom stereocenters. The second kappa shape index (κ2) is 3.36. The molecule has 5 N–H and O–H groups in total. The zero-order chi connectivity index (χ0) is 10.1. The van der Waals surface area contributed by atoms with Gasteiger partial charge in [0.05, 0.1) is 12.1 Å². The lowest BCUT2D eigenvalue weighted by atomic mass is 9.90. The van der Waals surface area contributed by atoms with E-state index in [9.17, 15) is 0 Å². The van der Waals surface area contributed by atoms with E-state index in [1.54, 1.807) is 13.0 Å². The molecule has 0 aliphatic carbocycles. The lowest BCUT2D eigenvalue weighted by molar-refractivity contribution is 0.209. The highest BCUT2D eigenvalue weighted by molar-refractivity contribution is 5.46. The van der Waals surface area contributed by atoms with Gasteiger partial charge in [-0.15, -0.1) is 0 Å². The first-order chi connectivity index (χ1) is 5.97. The third-order valence-electron chi connectivity index (χ3n) is 2.19. The second-order valence-corrected chi connectivity index (χ2v) is 3.65. The number of nitrogen functional groups attached to an aromatic ring is 1. The van der Waals surface area contributed by atoms with Crippen molar-refractivity contribution in [3.05, 3.63) is 29.3 Å². The lowest BCUT2D eigenvalue weighted by Crippen LogP contribution is -2.37. The summed E-state index contributed by atoms with van der Waals surface area (Å²) in [6.45, 7) is 3.66. The van der Waals surface area contributed by atoms with Crippen LogP contribution in [0.5, 0.6) is 0 Å². The van der Waals surface area contributed by atoms with E-state index in [4.69, 9.17) is 16.6 Å². The summed E-state index contributed by atoms with van der Waals surface area (Å²) in [7, 11) is 0. The molecule has 0 aliphatic heterocycles. The standard InChI is InChI=1S/C10H16N2O/c1-7-5-8(11)3-4-9(7)10(2,12)6-13/h3-5,13H,6,11-12H2,1-2H3/t10-/m1/s1. The maximum Gasteiger partial charge on any atom is 0.0650 e. The van der Waals surface area contributed by atoms with Gasteiger partial charge < -0.3 is 16.6 Å². The van der Waals surface area contributed by atoms with Crippen LogP contribution in [0.15, 0.2) is 18.2 Å². The maximum atomic E-state index is 9.08. The average Bonchev–Trinajstić information content (AvgIpc) is 2.03. The highest BCUT2D eigenvalue weighted by Gasteiger charge is 2.21. The van der Waals surface area contributed by atoms with Crippen LogP contribution in [-0.2, 0) is 5.54 Å². The summed E-state index contributed by atoms with van der Waals surface area (Å²) in [6.07, 6.45) is 0. The Kier molecular flexibility index (Phi) is 2.59. The van der Waals surface area contributed by atoms with Gasteiger partial charge in [0.15, 0.2) is 0 Å². The number of hydrogen-bond donors (Lipinski definition) is 3. The SMILES string of the molecule is Cc1cc(N)ccc1[C@](C)(N)CO. The zero-order valence-corrected chi connectivity index (χ0v) is 8.04. The van der Waals surface area contributed by atoms with Crippen LogP contribution in [-0.4, -0.2) is 11.7 Å². The molecule has 1 rings (SSSR count). The Balaban J connectivity index is 3.16. The Morgan fingerprint density at radius 1 is 1.46 bits per heavy atom. The third-order valence-corrected chi connectivity index (χ3v) is 2.19. The van der Waals surface area contributed by atoms with Gasteiger partial charge in [-0.3, -0.25) is 0 Å². The Bertz CT molecular complexity index is 308. The van der Waals surface area contributed by atoms with E-state index < -0.39 is 5.54 Å². The first kappa shape index (κ1) is 10.0. The fourth-order valence-corrected chi connectivity index (χ4v) is 1.41. The Labute approximate surface area is 78.4 Å². The number of nitrogens with two attached hydrogens (primary N) is 2. The number of aliphatic hydroxyl groups excluding tert-OH is 1. The molecule has 0 aliphatic rings.